The molecule has 5 aromatic rings. The molecule has 1 spiro atoms. The Morgan fingerprint density at radius 1 is 0.870 bits per heavy atom. The van der Waals surface area contributed by atoms with Crippen molar-refractivity contribution < 1.29 is 9.47 Å². The zero-order valence-corrected chi connectivity index (χ0v) is 26.0. The standard InChI is InChI=1S/C41H37N3O2/c1-26-29-10-2-5-14-36(29)44(35(26)21-22-42)28-18-20-33-40(25-28)46-38-16-7-4-12-31(38)41(33)30-11-3-6-15-37(30)45-39-24-27(17-19-32(39)41)34-13-8-9-23-43-34/h2-7,10-20,24-25,30,37,43H,8-9,21-23,42H2,1H3. The number of fused-ring (bicyclic) bond motifs is 9. The molecule has 4 aliphatic rings. The highest BCUT2D eigenvalue weighted by atomic mass is 16.5. The molecule has 1 aromatic heterocycles. The van der Waals surface area contributed by atoms with Crippen LogP contribution in [0.15, 0.2) is 115 Å². The Hall–Kier alpha value is -5.00. The number of aromatic nitrogens is 1. The number of benzene rings is 4. The molecule has 5 nitrogen and oxygen atoms in total. The third-order valence-corrected chi connectivity index (χ3v) is 10.4. The van der Waals surface area contributed by atoms with E-state index < -0.39 is 5.41 Å². The average molecular weight is 604 g/mol. The highest BCUT2D eigenvalue weighted by molar-refractivity contribution is 5.87. The second kappa shape index (κ2) is 10.5. The lowest BCUT2D eigenvalue weighted by atomic mass is 9.57. The van der Waals surface area contributed by atoms with Crippen molar-refractivity contribution >= 4 is 16.6 Å². The minimum Gasteiger partial charge on any atom is -0.485 e. The summed E-state index contributed by atoms with van der Waals surface area (Å²) in [6, 6.07) is 30.8. The number of para-hydroxylation sites is 2. The minimum atomic E-state index is -0.510. The van der Waals surface area contributed by atoms with E-state index in [2.05, 4.69) is 132 Å². The summed E-state index contributed by atoms with van der Waals surface area (Å²) in [7, 11) is 0. The summed E-state index contributed by atoms with van der Waals surface area (Å²) in [6.45, 7) is 3.79. The zero-order valence-electron chi connectivity index (χ0n) is 26.0. The van der Waals surface area contributed by atoms with Crippen LogP contribution in [0.5, 0.6) is 17.2 Å². The Morgan fingerprint density at radius 3 is 2.57 bits per heavy atom. The normalized spacial score (nSPS) is 22.2. The number of rotatable bonds is 4. The van der Waals surface area contributed by atoms with Gasteiger partial charge >= 0.3 is 0 Å². The molecular weight excluding hydrogens is 566 g/mol. The van der Waals surface area contributed by atoms with Gasteiger partial charge < -0.3 is 25.1 Å². The van der Waals surface area contributed by atoms with Crippen LogP contribution in [0, 0.1) is 12.8 Å². The first-order valence-electron chi connectivity index (χ1n) is 16.5. The summed E-state index contributed by atoms with van der Waals surface area (Å²) in [5, 5.41) is 4.86. The Labute approximate surface area is 269 Å². The number of hydrogen-bond donors (Lipinski definition) is 2. The van der Waals surface area contributed by atoms with Crippen molar-refractivity contribution in [3.05, 3.63) is 149 Å². The van der Waals surface area contributed by atoms with Crippen molar-refractivity contribution in [3.8, 4) is 22.9 Å². The lowest BCUT2D eigenvalue weighted by Crippen LogP contribution is -2.50. The Bertz CT molecular complexity index is 2120. The van der Waals surface area contributed by atoms with Crippen molar-refractivity contribution in [1.82, 2.24) is 9.88 Å². The van der Waals surface area contributed by atoms with Gasteiger partial charge in [0, 0.05) is 69.7 Å². The lowest BCUT2D eigenvalue weighted by Gasteiger charge is -2.51. The van der Waals surface area contributed by atoms with E-state index in [4.69, 9.17) is 15.2 Å². The van der Waals surface area contributed by atoms with Crippen LogP contribution in [0.25, 0.3) is 22.3 Å². The third-order valence-electron chi connectivity index (χ3n) is 10.4. The van der Waals surface area contributed by atoms with Crippen molar-refractivity contribution in [1.29, 1.82) is 0 Å². The molecule has 0 saturated heterocycles. The average Bonchev–Trinajstić information content (AvgIpc) is 3.39. The summed E-state index contributed by atoms with van der Waals surface area (Å²) in [5.74, 6) is 2.73. The van der Waals surface area contributed by atoms with Crippen LogP contribution in [0.1, 0.15) is 46.4 Å². The van der Waals surface area contributed by atoms with E-state index in [0.717, 1.165) is 54.3 Å². The topological polar surface area (TPSA) is 61.4 Å². The summed E-state index contributed by atoms with van der Waals surface area (Å²) < 4.78 is 16.1. The maximum absolute atomic E-state index is 6.86. The molecule has 0 fully saturated rings. The fourth-order valence-electron chi connectivity index (χ4n) is 8.43. The maximum atomic E-state index is 6.86. The first-order valence-corrected chi connectivity index (χ1v) is 16.5. The monoisotopic (exact) mass is 603 g/mol. The minimum absolute atomic E-state index is 0.0416. The van der Waals surface area contributed by atoms with Crippen molar-refractivity contribution in [2.24, 2.45) is 11.7 Å². The first kappa shape index (κ1) is 27.3. The van der Waals surface area contributed by atoms with Gasteiger partial charge in [0.15, 0.2) is 0 Å². The molecule has 3 N–H and O–H groups in total. The number of ether oxygens (including phenoxy) is 2. The molecule has 0 bridgehead atoms. The van der Waals surface area contributed by atoms with Crippen molar-refractivity contribution in [2.75, 3.05) is 13.1 Å². The highest BCUT2D eigenvalue weighted by Crippen LogP contribution is 2.61. The second-order valence-electron chi connectivity index (χ2n) is 12.8. The molecule has 4 heterocycles. The van der Waals surface area contributed by atoms with Gasteiger partial charge in [-0.25, -0.2) is 0 Å². The Balaban J connectivity index is 1.30. The van der Waals surface area contributed by atoms with Gasteiger partial charge in [0.1, 0.15) is 23.4 Å². The molecular formula is C41H37N3O2. The van der Waals surface area contributed by atoms with E-state index in [-0.39, 0.29) is 12.0 Å². The molecule has 4 aromatic carbocycles. The number of allylic oxidation sites excluding steroid dienone is 3. The summed E-state index contributed by atoms with van der Waals surface area (Å²) >= 11 is 0. The number of nitrogens with two attached hydrogens (primary N) is 1. The van der Waals surface area contributed by atoms with E-state index in [1.165, 1.54) is 44.5 Å². The molecule has 1 aliphatic carbocycles. The van der Waals surface area contributed by atoms with Crippen molar-refractivity contribution in [3.63, 3.8) is 0 Å². The fourth-order valence-corrected chi connectivity index (χ4v) is 8.43. The largest absolute Gasteiger partial charge is 0.485 e. The molecule has 5 heteroatoms. The second-order valence-corrected chi connectivity index (χ2v) is 12.8. The van der Waals surface area contributed by atoms with Crippen LogP contribution in [0.4, 0.5) is 0 Å². The number of nitrogens with one attached hydrogen (secondary N) is 1. The molecule has 3 atom stereocenters. The highest BCUT2D eigenvalue weighted by Gasteiger charge is 2.55. The smallest absolute Gasteiger partial charge is 0.134 e. The summed E-state index contributed by atoms with van der Waals surface area (Å²) in [6.07, 6.45) is 14.1. The van der Waals surface area contributed by atoms with Gasteiger partial charge in [0.2, 0.25) is 0 Å². The molecule has 228 valence electrons. The molecule has 46 heavy (non-hydrogen) atoms. The molecule has 9 rings (SSSR count). The Morgan fingerprint density at radius 2 is 1.67 bits per heavy atom. The predicted molar refractivity (Wildman–Crippen MR) is 185 cm³/mol. The van der Waals surface area contributed by atoms with Gasteiger partial charge in [-0.1, -0.05) is 78.9 Å². The van der Waals surface area contributed by atoms with Crippen LogP contribution in [0.2, 0.25) is 0 Å². The maximum Gasteiger partial charge on any atom is 0.134 e. The lowest BCUT2D eigenvalue weighted by molar-refractivity contribution is 0.135. The van der Waals surface area contributed by atoms with Gasteiger partial charge in [-0.05, 0) is 62.2 Å². The summed E-state index contributed by atoms with van der Waals surface area (Å²) in [5.41, 5.74) is 16.3. The first-order chi connectivity index (χ1) is 22.7. The van der Waals surface area contributed by atoms with Gasteiger partial charge in [-0.2, -0.15) is 0 Å². The third kappa shape index (κ3) is 3.85. The van der Waals surface area contributed by atoms with Gasteiger partial charge in [0.05, 0.1) is 10.9 Å². The Kier molecular flexibility index (Phi) is 6.26. The van der Waals surface area contributed by atoms with Gasteiger partial charge in [-0.3, -0.25) is 0 Å². The molecule has 3 aliphatic heterocycles. The fraction of sp³-hybridized carbons (Fsp3) is 0.220. The molecule has 0 saturated carbocycles. The van der Waals surface area contributed by atoms with E-state index >= 15 is 0 Å². The van der Waals surface area contributed by atoms with Gasteiger partial charge in [0.25, 0.3) is 0 Å². The van der Waals surface area contributed by atoms with Crippen molar-refractivity contribution in [2.45, 2.75) is 37.7 Å². The van der Waals surface area contributed by atoms with Crippen LogP contribution >= 0.6 is 0 Å². The van der Waals surface area contributed by atoms with Crippen LogP contribution < -0.4 is 20.5 Å². The molecule has 3 unspecified atom stereocenters. The van der Waals surface area contributed by atoms with E-state index in [9.17, 15) is 0 Å². The predicted octanol–water partition coefficient (Wildman–Crippen LogP) is 8.11. The number of nitrogens with zero attached hydrogens (tertiary/aromatic N) is 1. The van der Waals surface area contributed by atoms with E-state index in [0.29, 0.717) is 6.54 Å². The van der Waals surface area contributed by atoms with Gasteiger partial charge in [-0.15, -0.1) is 0 Å². The zero-order chi connectivity index (χ0) is 30.8. The van der Waals surface area contributed by atoms with Crippen LogP contribution in [-0.4, -0.2) is 23.8 Å². The molecule has 0 radical (unpaired) electrons. The van der Waals surface area contributed by atoms with E-state index in [1.54, 1.807) is 0 Å². The number of hydrogen-bond acceptors (Lipinski definition) is 4. The number of aryl methyl sites for hydroxylation is 1. The quantitative estimate of drug-likeness (QED) is 0.218. The summed E-state index contributed by atoms with van der Waals surface area (Å²) in [4.78, 5) is 0. The van der Waals surface area contributed by atoms with Crippen LogP contribution in [-0.2, 0) is 11.8 Å². The van der Waals surface area contributed by atoms with Crippen LogP contribution in [0.3, 0.4) is 0 Å². The molecule has 0 amide bonds. The van der Waals surface area contributed by atoms with E-state index in [1.807, 2.05) is 0 Å². The SMILES string of the molecule is Cc1c(CCN)n(-c2ccc3c(c2)Oc2ccccc2C32c3ccc(C4=CCCCN4)cc3OC3C=CC=CC32)c2ccccc12.